The maximum atomic E-state index is 5.88. The molecule has 0 fully saturated rings. The lowest BCUT2D eigenvalue weighted by Crippen LogP contribution is -2.46. The summed E-state index contributed by atoms with van der Waals surface area (Å²) < 4.78 is 0. The predicted molar refractivity (Wildman–Crippen MR) is 45.7 cm³/mol. The molecule has 0 heterocycles. The molecule has 1 atom stereocenters. The fraction of sp³-hybridized carbons (Fsp3) is 1.00. The fourth-order valence-corrected chi connectivity index (χ4v) is 1.28. The van der Waals surface area contributed by atoms with Crippen LogP contribution in [0, 0.1) is 5.41 Å². The van der Waals surface area contributed by atoms with Crippen LogP contribution in [0.15, 0.2) is 0 Å². The summed E-state index contributed by atoms with van der Waals surface area (Å²) >= 11 is 0. The van der Waals surface area contributed by atoms with Crippen molar-refractivity contribution < 1.29 is 0 Å². The highest BCUT2D eigenvalue weighted by Gasteiger charge is 2.23. The van der Waals surface area contributed by atoms with E-state index in [9.17, 15) is 0 Å². The van der Waals surface area contributed by atoms with Gasteiger partial charge in [0.1, 0.15) is 0 Å². The average Bonchev–Trinajstić information content (AvgIpc) is 1.60. The Morgan fingerprint density at radius 1 is 1.10 bits per heavy atom. The van der Waals surface area contributed by atoms with Crippen LogP contribution in [-0.2, 0) is 0 Å². The van der Waals surface area contributed by atoms with Crippen LogP contribution in [0.3, 0.4) is 0 Å². The lowest BCUT2D eigenvalue weighted by atomic mass is 9.81. The number of nitrogens with two attached hydrogens (primary N) is 2. The summed E-state index contributed by atoms with van der Waals surface area (Å²) in [6, 6.07) is 0. The van der Waals surface area contributed by atoms with Crippen molar-refractivity contribution in [3.63, 3.8) is 0 Å². The van der Waals surface area contributed by atoms with Crippen LogP contribution in [0.4, 0.5) is 0 Å². The highest BCUT2D eigenvalue weighted by Crippen LogP contribution is 2.24. The molecule has 0 radical (unpaired) electrons. The van der Waals surface area contributed by atoms with Gasteiger partial charge in [0.15, 0.2) is 0 Å². The number of hydrogen-bond acceptors (Lipinski definition) is 2. The molecule has 0 amide bonds. The van der Waals surface area contributed by atoms with Gasteiger partial charge in [-0.05, 0) is 18.8 Å². The monoisotopic (exact) mass is 144 g/mol. The minimum atomic E-state index is -0.196. The molecule has 0 aliphatic carbocycles. The van der Waals surface area contributed by atoms with Crippen molar-refractivity contribution in [1.82, 2.24) is 0 Å². The third kappa shape index (κ3) is 4.77. The van der Waals surface area contributed by atoms with Crippen molar-refractivity contribution in [3.8, 4) is 0 Å². The van der Waals surface area contributed by atoms with E-state index < -0.39 is 0 Å². The van der Waals surface area contributed by atoms with Gasteiger partial charge >= 0.3 is 0 Å². The molecule has 0 saturated carbocycles. The van der Waals surface area contributed by atoms with Gasteiger partial charge in [-0.3, -0.25) is 0 Å². The van der Waals surface area contributed by atoms with E-state index in [1.807, 2.05) is 6.92 Å². The summed E-state index contributed by atoms with van der Waals surface area (Å²) in [6.45, 7) is 9.08. The van der Waals surface area contributed by atoms with E-state index in [1.54, 1.807) is 0 Å². The van der Waals surface area contributed by atoms with Crippen LogP contribution in [0.25, 0.3) is 0 Å². The van der Waals surface area contributed by atoms with Crippen LogP contribution in [0.2, 0.25) is 0 Å². The zero-order valence-corrected chi connectivity index (χ0v) is 7.57. The molecule has 2 nitrogen and oxygen atoms in total. The molecule has 0 aromatic carbocycles. The van der Waals surface area contributed by atoms with Crippen molar-refractivity contribution in [2.75, 3.05) is 6.54 Å². The molecule has 62 valence electrons. The highest BCUT2D eigenvalue weighted by molar-refractivity contribution is 4.84. The first-order valence-corrected chi connectivity index (χ1v) is 3.76. The van der Waals surface area contributed by atoms with Gasteiger partial charge in [0, 0.05) is 12.1 Å². The zero-order chi connectivity index (χ0) is 8.41. The molecule has 4 N–H and O–H groups in total. The Hall–Kier alpha value is -0.0800. The molecule has 0 aromatic heterocycles. The summed E-state index contributed by atoms with van der Waals surface area (Å²) in [4.78, 5) is 0. The van der Waals surface area contributed by atoms with Crippen molar-refractivity contribution in [2.45, 2.75) is 39.7 Å². The van der Waals surface area contributed by atoms with Gasteiger partial charge in [-0.1, -0.05) is 20.8 Å². The Balaban J connectivity index is 3.89. The van der Waals surface area contributed by atoms with Crippen molar-refractivity contribution in [1.29, 1.82) is 0 Å². The molecule has 0 aliphatic rings. The van der Waals surface area contributed by atoms with E-state index >= 15 is 0 Å². The van der Waals surface area contributed by atoms with E-state index in [0.29, 0.717) is 6.54 Å². The molecule has 0 saturated heterocycles. The summed E-state index contributed by atoms with van der Waals surface area (Å²) in [5, 5.41) is 0. The maximum absolute atomic E-state index is 5.88. The van der Waals surface area contributed by atoms with Gasteiger partial charge in [0.2, 0.25) is 0 Å². The summed E-state index contributed by atoms with van der Waals surface area (Å²) in [5.74, 6) is 0. The quantitative estimate of drug-likeness (QED) is 0.609. The van der Waals surface area contributed by atoms with Crippen LogP contribution in [0.5, 0.6) is 0 Å². The van der Waals surface area contributed by atoms with Crippen molar-refractivity contribution in [2.24, 2.45) is 16.9 Å². The summed E-state index contributed by atoms with van der Waals surface area (Å²) in [5.41, 5.74) is 11.5. The van der Waals surface area contributed by atoms with E-state index in [1.165, 1.54) is 0 Å². The Morgan fingerprint density at radius 3 is 1.60 bits per heavy atom. The normalized spacial score (nSPS) is 18.6. The topological polar surface area (TPSA) is 52.0 Å². The fourth-order valence-electron chi connectivity index (χ4n) is 1.28. The predicted octanol–water partition coefficient (Wildman–Crippen LogP) is 1.10. The van der Waals surface area contributed by atoms with Gasteiger partial charge in [0.25, 0.3) is 0 Å². The first-order chi connectivity index (χ1) is 4.27. The highest BCUT2D eigenvalue weighted by atomic mass is 14.8. The Bertz CT molecular complexity index is 100. The second-order valence-corrected chi connectivity index (χ2v) is 4.60. The SMILES string of the molecule is CC(C)(C)CC(C)(N)CN. The standard InChI is InChI=1S/C8H20N2/c1-7(2,3)5-8(4,10)6-9/h5-6,9-10H2,1-4H3. The van der Waals surface area contributed by atoms with Gasteiger partial charge in [-0.2, -0.15) is 0 Å². The third-order valence-electron chi connectivity index (χ3n) is 1.40. The minimum absolute atomic E-state index is 0.196. The average molecular weight is 144 g/mol. The molecule has 0 aliphatic heterocycles. The van der Waals surface area contributed by atoms with Crippen LogP contribution in [0.1, 0.15) is 34.1 Å². The summed E-state index contributed by atoms with van der Waals surface area (Å²) in [6.07, 6.45) is 0.969. The van der Waals surface area contributed by atoms with E-state index in [-0.39, 0.29) is 11.0 Å². The summed E-state index contributed by atoms with van der Waals surface area (Å²) in [7, 11) is 0. The minimum Gasteiger partial charge on any atom is -0.329 e. The second kappa shape index (κ2) is 2.89. The number of rotatable bonds is 2. The molecule has 2 heteroatoms. The lowest BCUT2D eigenvalue weighted by Gasteiger charge is -2.30. The van der Waals surface area contributed by atoms with E-state index in [4.69, 9.17) is 11.5 Å². The molecule has 1 unspecified atom stereocenters. The first kappa shape index (κ1) is 9.92. The lowest BCUT2D eigenvalue weighted by molar-refractivity contribution is 0.275. The first-order valence-electron chi connectivity index (χ1n) is 3.76. The second-order valence-electron chi connectivity index (χ2n) is 4.60. The molecule has 10 heavy (non-hydrogen) atoms. The van der Waals surface area contributed by atoms with E-state index in [0.717, 1.165) is 6.42 Å². The molecular formula is C8H20N2. The van der Waals surface area contributed by atoms with Crippen LogP contribution in [-0.4, -0.2) is 12.1 Å². The van der Waals surface area contributed by atoms with Gasteiger partial charge < -0.3 is 11.5 Å². The zero-order valence-electron chi connectivity index (χ0n) is 7.57. The Morgan fingerprint density at radius 2 is 1.50 bits per heavy atom. The third-order valence-corrected chi connectivity index (χ3v) is 1.40. The van der Waals surface area contributed by atoms with Gasteiger partial charge in [-0.15, -0.1) is 0 Å². The molecule has 0 bridgehead atoms. The Labute approximate surface area is 64.0 Å². The smallest absolute Gasteiger partial charge is 0.0254 e. The van der Waals surface area contributed by atoms with Gasteiger partial charge in [0.05, 0.1) is 0 Å². The van der Waals surface area contributed by atoms with Gasteiger partial charge in [-0.25, -0.2) is 0 Å². The number of hydrogen-bond donors (Lipinski definition) is 2. The van der Waals surface area contributed by atoms with E-state index in [2.05, 4.69) is 20.8 Å². The molecule has 0 spiro atoms. The molecule has 0 aromatic rings. The maximum Gasteiger partial charge on any atom is 0.0254 e. The van der Waals surface area contributed by atoms with Crippen molar-refractivity contribution >= 4 is 0 Å². The van der Waals surface area contributed by atoms with Crippen LogP contribution >= 0.6 is 0 Å². The Kier molecular flexibility index (Phi) is 2.86. The molecular weight excluding hydrogens is 124 g/mol. The van der Waals surface area contributed by atoms with Crippen LogP contribution < -0.4 is 11.5 Å². The molecule has 0 rings (SSSR count). The largest absolute Gasteiger partial charge is 0.329 e. The van der Waals surface area contributed by atoms with Crippen molar-refractivity contribution in [3.05, 3.63) is 0 Å².